The van der Waals surface area contributed by atoms with E-state index in [4.69, 9.17) is 34.8 Å². The average molecular weight is 496 g/mol. The molecule has 0 bridgehead atoms. The number of hydrogen-bond donors (Lipinski definition) is 0. The Morgan fingerprint density at radius 2 is 1.23 bits per heavy atom. The SMILES string of the molecule is O=S(=O)(c1ccc(Cl)cc1)n1ncc(Sc2ccc(Cl)cc2)c1-c1ccc(Cl)cc1. The molecule has 0 unspecified atom stereocenters. The van der Waals surface area contributed by atoms with Gasteiger partial charge in [0.15, 0.2) is 0 Å². The maximum atomic E-state index is 13.3. The number of nitrogens with zero attached hydrogens (tertiary/aromatic N) is 2. The second-order valence-electron chi connectivity index (χ2n) is 6.22. The Balaban J connectivity index is 1.86. The molecule has 1 aromatic heterocycles. The predicted molar refractivity (Wildman–Crippen MR) is 122 cm³/mol. The van der Waals surface area contributed by atoms with Gasteiger partial charge in [0.1, 0.15) is 5.69 Å². The highest BCUT2D eigenvalue weighted by Crippen LogP contribution is 2.38. The molecule has 0 atom stereocenters. The molecule has 3 aromatic carbocycles. The zero-order chi connectivity index (χ0) is 21.3. The molecule has 0 fully saturated rings. The molecule has 9 heteroatoms. The molecule has 0 saturated carbocycles. The summed E-state index contributed by atoms with van der Waals surface area (Å²) in [6.07, 6.45) is 1.54. The van der Waals surface area contributed by atoms with E-state index in [-0.39, 0.29) is 4.90 Å². The molecule has 0 saturated heterocycles. The fraction of sp³-hybridized carbons (Fsp3) is 0. The summed E-state index contributed by atoms with van der Waals surface area (Å²) >= 11 is 19.3. The van der Waals surface area contributed by atoms with Gasteiger partial charge < -0.3 is 0 Å². The van der Waals surface area contributed by atoms with Crippen LogP contribution in [0.25, 0.3) is 11.3 Å². The Morgan fingerprint density at radius 1 is 0.733 bits per heavy atom. The first kappa shape index (κ1) is 21.3. The van der Waals surface area contributed by atoms with Crippen LogP contribution in [-0.2, 0) is 10.0 Å². The molecule has 4 nitrogen and oxygen atoms in total. The van der Waals surface area contributed by atoms with Gasteiger partial charge in [0.05, 0.1) is 16.0 Å². The van der Waals surface area contributed by atoms with E-state index in [0.29, 0.717) is 31.2 Å². The molecule has 0 aliphatic carbocycles. The number of aromatic nitrogens is 2. The lowest BCUT2D eigenvalue weighted by Crippen LogP contribution is -2.15. The van der Waals surface area contributed by atoms with Gasteiger partial charge in [-0.1, -0.05) is 58.7 Å². The lowest BCUT2D eigenvalue weighted by molar-refractivity contribution is 0.581. The minimum Gasteiger partial charge on any atom is -0.199 e. The van der Waals surface area contributed by atoms with Crippen LogP contribution in [0.3, 0.4) is 0 Å². The van der Waals surface area contributed by atoms with Crippen LogP contribution in [0.5, 0.6) is 0 Å². The smallest absolute Gasteiger partial charge is 0.199 e. The first-order valence-corrected chi connectivity index (χ1v) is 12.0. The molecular formula is C21H13Cl3N2O2S2. The van der Waals surface area contributed by atoms with Gasteiger partial charge >= 0.3 is 0 Å². The van der Waals surface area contributed by atoms with E-state index in [0.717, 1.165) is 8.98 Å². The van der Waals surface area contributed by atoms with Crippen LogP contribution in [0, 0.1) is 0 Å². The Hall–Kier alpha value is -1.96. The average Bonchev–Trinajstić information content (AvgIpc) is 3.15. The fourth-order valence-electron chi connectivity index (χ4n) is 2.77. The first-order chi connectivity index (χ1) is 14.3. The van der Waals surface area contributed by atoms with E-state index in [1.165, 1.54) is 42.2 Å². The van der Waals surface area contributed by atoms with E-state index in [1.807, 2.05) is 12.1 Å². The largest absolute Gasteiger partial charge is 0.283 e. The summed E-state index contributed by atoms with van der Waals surface area (Å²) in [5, 5.41) is 5.84. The van der Waals surface area contributed by atoms with E-state index in [1.54, 1.807) is 36.4 Å². The molecule has 0 spiro atoms. The molecule has 0 aliphatic rings. The van der Waals surface area contributed by atoms with Crippen LogP contribution in [-0.4, -0.2) is 17.6 Å². The van der Waals surface area contributed by atoms with Crippen LogP contribution in [0.1, 0.15) is 0 Å². The van der Waals surface area contributed by atoms with Crippen LogP contribution in [0.2, 0.25) is 15.1 Å². The molecular weight excluding hydrogens is 483 g/mol. The highest BCUT2D eigenvalue weighted by Gasteiger charge is 2.25. The molecule has 1 heterocycles. The maximum Gasteiger partial charge on any atom is 0.283 e. The monoisotopic (exact) mass is 494 g/mol. The second kappa shape index (κ2) is 8.65. The van der Waals surface area contributed by atoms with E-state index in [9.17, 15) is 8.42 Å². The Bertz CT molecular complexity index is 1290. The number of benzene rings is 3. The fourth-order valence-corrected chi connectivity index (χ4v) is 5.43. The van der Waals surface area contributed by atoms with Gasteiger partial charge in [-0.2, -0.15) is 17.6 Å². The molecule has 0 aliphatic heterocycles. The van der Waals surface area contributed by atoms with Crippen molar-refractivity contribution in [2.75, 3.05) is 0 Å². The van der Waals surface area contributed by atoms with Crippen molar-refractivity contribution in [3.8, 4) is 11.3 Å². The van der Waals surface area contributed by atoms with E-state index >= 15 is 0 Å². The van der Waals surface area contributed by atoms with Crippen molar-refractivity contribution >= 4 is 56.6 Å². The lowest BCUT2D eigenvalue weighted by Gasteiger charge is -2.11. The second-order valence-corrected chi connectivity index (χ2v) is 10.4. The van der Waals surface area contributed by atoms with Crippen LogP contribution >= 0.6 is 46.6 Å². The van der Waals surface area contributed by atoms with Gasteiger partial charge in [0.25, 0.3) is 10.0 Å². The summed E-state index contributed by atoms with van der Waals surface area (Å²) in [7, 11) is -3.94. The quantitative estimate of drug-likeness (QED) is 0.302. The normalized spacial score (nSPS) is 11.6. The van der Waals surface area contributed by atoms with Crippen LogP contribution < -0.4 is 0 Å². The Labute approximate surface area is 193 Å². The molecule has 0 N–H and O–H groups in total. The standard InChI is InChI=1S/C21H13Cl3N2O2S2/c22-15-3-1-14(2-4-15)21-20(29-18-9-5-16(23)6-10-18)13-25-26(21)30(27,28)19-11-7-17(24)8-12-19/h1-13H. The van der Waals surface area contributed by atoms with Crippen molar-refractivity contribution in [1.82, 2.24) is 9.19 Å². The Morgan fingerprint density at radius 3 is 1.80 bits per heavy atom. The molecule has 152 valence electrons. The van der Waals surface area contributed by atoms with Crippen molar-refractivity contribution < 1.29 is 8.42 Å². The predicted octanol–water partition coefficient (Wildman–Crippen LogP) is 6.90. The zero-order valence-electron chi connectivity index (χ0n) is 15.2. The molecule has 30 heavy (non-hydrogen) atoms. The molecule has 0 radical (unpaired) electrons. The Kier molecular flexibility index (Phi) is 6.14. The third-order valence-electron chi connectivity index (χ3n) is 4.20. The van der Waals surface area contributed by atoms with Gasteiger partial charge in [-0.05, 0) is 60.7 Å². The lowest BCUT2D eigenvalue weighted by atomic mass is 10.2. The van der Waals surface area contributed by atoms with Crippen molar-refractivity contribution in [3.63, 3.8) is 0 Å². The molecule has 4 rings (SSSR count). The third-order valence-corrected chi connectivity index (χ3v) is 7.59. The van der Waals surface area contributed by atoms with E-state index in [2.05, 4.69) is 5.10 Å². The zero-order valence-corrected chi connectivity index (χ0v) is 19.1. The summed E-state index contributed by atoms with van der Waals surface area (Å²) in [4.78, 5) is 1.67. The minimum atomic E-state index is -3.94. The third kappa shape index (κ3) is 4.38. The summed E-state index contributed by atoms with van der Waals surface area (Å²) in [5.74, 6) is 0. The maximum absolute atomic E-state index is 13.3. The molecule has 4 aromatic rings. The van der Waals surface area contributed by atoms with Crippen LogP contribution in [0.15, 0.2) is 93.7 Å². The van der Waals surface area contributed by atoms with Gasteiger partial charge in [0.2, 0.25) is 0 Å². The topological polar surface area (TPSA) is 52.0 Å². The first-order valence-electron chi connectivity index (χ1n) is 8.63. The summed E-state index contributed by atoms with van der Waals surface area (Å²) < 4.78 is 27.7. The number of halogens is 3. The van der Waals surface area contributed by atoms with Crippen molar-refractivity contribution in [2.24, 2.45) is 0 Å². The van der Waals surface area contributed by atoms with Crippen molar-refractivity contribution in [3.05, 3.63) is 94.1 Å². The highest BCUT2D eigenvalue weighted by molar-refractivity contribution is 7.99. The summed E-state index contributed by atoms with van der Waals surface area (Å²) in [5.41, 5.74) is 1.12. The number of hydrogen-bond acceptors (Lipinski definition) is 4. The van der Waals surface area contributed by atoms with Crippen molar-refractivity contribution in [2.45, 2.75) is 14.7 Å². The molecule has 0 amide bonds. The van der Waals surface area contributed by atoms with Gasteiger partial charge in [0, 0.05) is 25.5 Å². The van der Waals surface area contributed by atoms with Crippen LogP contribution in [0.4, 0.5) is 0 Å². The highest BCUT2D eigenvalue weighted by atomic mass is 35.5. The van der Waals surface area contributed by atoms with Gasteiger partial charge in [-0.3, -0.25) is 0 Å². The summed E-state index contributed by atoms with van der Waals surface area (Å²) in [6.45, 7) is 0. The summed E-state index contributed by atoms with van der Waals surface area (Å²) in [6, 6.07) is 20.2. The van der Waals surface area contributed by atoms with Gasteiger partial charge in [-0.25, -0.2) is 0 Å². The van der Waals surface area contributed by atoms with E-state index < -0.39 is 10.0 Å². The minimum absolute atomic E-state index is 0.0910. The van der Waals surface area contributed by atoms with Gasteiger partial charge in [-0.15, -0.1) is 0 Å². The van der Waals surface area contributed by atoms with Crippen molar-refractivity contribution in [1.29, 1.82) is 0 Å². The number of rotatable bonds is 5.